The van der Waals surface area contributed by atoms with Crippen molar-refractivity contribution in [3.8, 4) is 0 Å². The van der Waals surface area contributed by atoms with Crippen molar-refractivity contribution in [2.45, 2.75) is 12.1 Å². The average Bonchev–Trinajstić information content (AvgIpc) is 2.39. The van der Waals surface area contributed by atoms with E-state index in [1.807, 2.05) is 0 Å². The number of alkyl halides is 3. The van der Waals surface area contributed by atoms with Gasteiger partial charge in [0, 0.05) is 11.8 Å². The Balaban J connectivity index is 2.56. The number of aliphatic carboxylic acids is 1. The summed E-state index contributed by atoms with van der Waals surface area (Å²) in [6.45, 7) is 0. The monoisotopic (exact) mass is 270 g/mol. The van der Waals surface area contributed by atoms with Crippen LogP contribution in [-0.2, 0) is 4.79 Å². The molecule has 0 aliphatic heterocycles. The number of carboxylic acids is 1. The van der Waals surface area contributed by atoms with E-state index in [1.165, 1.54) is 18.3 Å². The van der Waals surface area contributed by atoms with E-state index in [-0.39, 0.29) is 5.69 Å². The lowest BCUT2D eigenvalue weighted by atomic mass is 9.78. The quantitative estimate of drug-likeness (QED) is 0.913. The summed E-state index contributed by atoms with van der Waals surface area (Å²) in [4.78, 5) is 18.3. The van der Waals surface area contributed by atoms with E-state index in [4.69, 9.17) is 5.11 Å². The number of allylic oxidation sites excluding steroid dienone is 3. The third kappa shape index (κ3) is 2.11. The molecule has 0 spiro atoms. The van der Waals surface area contributed by atoms with Gasteiger partial charge >= 0.3 is 5.97 Å². The average molecular weight is 270 g/mol. The molecule has 0 saturated carbocycles. The summed E-state index contributed by atoms with van der Waals surface area (Å²) in [5, 5.41) is 8.90. The maximum Gasteiger partial charge on any atom is 0.314 e. The second-order valence-electron chi connectivity index (χ2n) is 3.94. The summed E-state index contributed by atoms with van der Waals surface area (Å²) in [5.41, 5.74) is -3.83. The normalized spacial score (nSPS) is 26.3. The Bertz CT molecular complexity index is 545. The van der Waals surface area contributed by atoms with Crippen LogP contribution in [0.25, 0.3) is 5.57 Å². The van der Waals surface area contributed by atoms with Gasteiger partial charge in [0.2, 0.25) is 5.67 Å². The molecule has 2 unspecified atom stereocenters. The van der Waals surface area contributed by atoms with Crippen molar-refractivity contribution in [1.82, 2.24) is 9.97 Å². The standard InChI is InChI=1S/C12H9F3N2O2/c13-11(14)12(15)7(9-4-5-16-6-17-9)2-1-3-8(12)10(18)19/h1-6,8,11H,(H,18,19). The second-order valence-corrected chi connectivity index (χ2v) is 3.94. The summed E-state index contributed by atoms with van der Waals surface area (Å²) in [6.07, 6.45) is 2.10. The summed E-state index contributed by atoms with van der Waals surface area (Å²) >= 11 is 0. The van der Waals surface area contributed by atoms with Crippen molar-refractivity contribution in [2.75, 3.05) is 0 Å². The lowest BCUT2D eigenvalue weighted by Gasteiger charge is -2.32. The van der Waals surface area contributed by atoms with Gasteiger partial charge in [0.25, 0.3) is 6.43 Å². The summed E-state index contributed by atoms with van der Waals surface area (Å²) < 4.78 is 40.8. The molecule has 0 aromatic carbocycles. The Morgan fingerprint density at radius 1 is 1.47 bits per heavy atom. The lowest BCUT2D eigenvalue weighted by molar-refractivity contribution is -0.147. The number of carboxylic acid groups (broad SMARTS) is 1. The Kier molecular flexibility index (Phi) is 3.37. The molecule has 0 fully saturated rings. The van der Waals surface area contributed by atoms with E-state index in [1.54, 1.807) is 0 Å². The molecule has 1 heterocycles. The highest BCUT2D eigenvalue weighted by molar-refractivity contribution is 5.84. The largest absolute Gasteiger partial charge is 0.481 e. The van der Waals surface area contributed by atoms with Crippen molar-refractivity contribution >= 4 is 11.5 Å². The molecule has 7 heteroatoms. The molecule has 0 bridgehead atoms. The second kappa shape index (κ2) is 4.83. The predicted octanol–water partition coefficient (Wildman–Crippen LogP) is 2.10. The third-order valence-electron chi connectivity index (χ3n) is 2.87. The number of hydrogen-bond donors (Lipinski definition) is 1. The molecule has 2 atom stereocenters. The van der Waals surface area contributed by atoms with Crippen LogP contribution in [-0.4, -0.2) is 33.1 Å². The Morgan fingerprint density at radius 2 is 2.21 bits per heavy atom. The molecule has 4 nitrogen and oxygen atoms in total. The molecule has 0 radical (unpaired) electrons. The zero-order valence-electron chi connectivity index (χ0n) is 9.50. The van der Waals surface area contributed by atoms with Crippen molar-refractivity contribution in [1.29, 1.82) is 0 Å². The molecule has 1 aromatic heterocycles. The molecule has 1 N–H and O–H groups in total. The molecular formula is C12H9F3N2O2. The molecule has 0 amide bonds. The van der Waals surface area contributed by atoms with E-state index in [0.717, 1.165) is 18.5 Å². The number of aromatic nitrogens is 2. The minimum Gasteiger partial charge on any atom is -0.481 e. The number of carbonyl (C=O) groups is 1. The summed E-state index contributed by atoms with van der Waals surface area (Å²) in [6, 6.07) is 1.25. The van der Waals surface area contributed by atoms with Crippen molar-refractivity contribution < 1.29 is 23.1 Å². The minimum absolute atomic E-state index is 0.0617. The van der Waals surface area contributed by atoms with Crippen LogP contribution in [0.3, 0.4) is 0 Å². The van der Waals surface area contributed by atoms with Crippen molar-refractivity contribution in [3.63, 3.8) is 0 Å². The zero-order chi connectivity index (χ0) is 14.0. The van der Waals surface area contributed by atoms with Gasteiger partial charge in [0.15, 0.2) is 0 Å². The number of nitrogens with zero attached hydrogens (tertiary/aromatic N) is 2. The Hall–Kier alpha value is -2.18. The van der Waals surface area contributed by atoms with Crippen molar-refractivity contribution in [3.05, 3.63) is 42.5 Å². The maximum atomic E-state index is 14.6. The molecule has 19 heavy (non-hydrogen) atoms. The van der Waals surface area contributed by atoms with Gasteiger partial charge < -0.3 is 5.11 Å². The Morgan fingerprint density at radius 3 is 2.74 bits per heavy atom. The highest BCUT2D eigenvalue weighted by atomic mass is 19.3. The van der Waals surface area contributed by atoms with Gasteiger partial charge in [-0.05, 0) is 6.07 Å². The number of halogens is 3. The van der Waals surface area contributed by atoms with Crippen LogP contribution in [0, 0.1) is 5.92 Å². The molecule has 1 aliphatic carbocycles. The smallest absolute Gasteiger partial charge is 0.314 e. The first-order valence-corrected chi connectivity index (χ1v) is 5.33. The van der Waals surface area contributed by atoms with Gasteiger partial charge in [-0.15, -0.1) is 0 Å². The minimum atomic E-state index is -3.49. The Labute approximate surface area is 106 Å². The van der Waals surface area contributed by atoms with E-state index in [9.17, 15) is 18.0 Å². The van der Waals surface area contributed by atoms with Crippen LogP contribution in [0.15, 0.2) is 36.8 Å². The summed E-state index contributed by atoms with van der Waals surface area (Å²) in [5.74, 6) is -3.61. The zero-order valence-corrected chi connectivity index (χ0v) is 9.50. The van der Waals surface area contributed by atoms with Gasteiger partial charge in [0.05, 0.1) is 5.69 Å². The van der Waals surface area contributed by atoms with Gasteiger partial charge in [-0.1, -0.05) is 18.2 Å². The highest BCUT2D eigenvalue weighted by Gasteiger charge is 2.54. The molecule has 0 saturated heterocycles. The van der Waals surface area contributed by atoms with Gasteiger partial charge in [0.1, 0.15) is 12.2 Å². The first-order chi connectivity index (χ1) is 8.98. The van der Waals surface area contributed by atoms with Crippen LogP contribution in [0.4, 0.5) is 13.2 Å². The summed E-state index contributed by atoms with van der Waals surface area (Å²) in [7, 11) is 0. The maximum absolute atomic E-state index is 14.6. The van der Waals surface area contributed by atoms with Crippen molar-refractivity contribution in [2.24, 2.45) is 5.92 Å². The van der Waals surface area contributed by atoms with E-state index >= 15 is 0 Å². The topological polar surface area (TPSA) is 63.1 Å². The van der Waals surface area contributed by atoms with Crippen LogP contribution in [0.2, 0.25) is 0 Å². The van der Waals surface area contributed by atoms with Gasteiger partial charge in [-0.25, -0.2) is 23.1 Å². The molecule has 1 aliphatic rings. The third-order valence-corrected chi connectivity index (χ3v) is 2.87. The van der Waals surface area contributed by atoms with Crippen LogP contribution in [0.5, 0.6) is 0 Å². The van der Waals surface area contributed by atoms with Crippen LogP contribution >= 0.6 is 0 Å². The molecule has 2 rings (SSSR count). The first kappa shape index (κ1) is 13.3. The molecular weight excluding hydrogens is 261 g/mol. The fourth-order valence-corrected chi connectivity index (χ4v) is 1.95. The fraction of sp³-hybridized carbons (Fsp3) is 0.250. The van der Waals surface area contributed by atoms with Crippen LogP contribution in [0.1, 0.15) is 5.69 Å². The first-order valence-electron chi connectivity index (χ1n) is 5.33. The van der Waals surface area contributed by atoms with Crippen LogP contribution < -0.4 is 0 Å². The number of hydrogen-bond acceptors (Lipinski definition) is 3. The van der Waals surface area contributed by atoms with E-state index < -0.39 is 29.6 Å². The molecule has 1 aromatic rings. The highest BCUT2D eigenvalue weighted by Crippen LogP contribution is 2.44. The van der Waals surface area contributed by atoms with Gasteiger partial charge in [-0.2, -0.15) is 0 Å². The van der Waals surface area contributed by atoms with Gasteiger partial charge in [-0.3, -0.25) is 4.79 Å². The lowest BCUT2D eigenvalue weighted by Crippen LogP contribution is -2.46. The fourth-order valence-electron chi connectivity index (χ4n) is 1.95. The SMILES string of the molecule is O=C(O)C1C=CC=C(c2ccncn2)C1(F)C(F)F. The van der Waals surface area contributed by atoms with E-state index in [2.05, 4.69) is 9.97 Å². The van der Waals surface area contributed by atoms with E-state index in [0.29, 0.717) is 0 Å². The molecule has 100 valence electrons. The predicted molar refractivity (Wildman–Crippen MR) is 60.1 cm³/mol. The number of rotatable bonds is 3.